The number of halogens is 2. The Morgan fingerprint density at radius 1 is 1.33 bits per heavy atom. The molecule has 0 atom stereocenters. The third kappa shape index (κ3) is 5.91. The number of thioether (sulfide) groups is 1. The minimum atomic E-state index is -0.458. The molecule has 1 N–H and O–H groups in total. The third-order valence-corrected chi connectivity index (χ3v) is 7.97. The predicted molar refractivity (Wildman–Crippen MR) is 138 cm³/mol. The maximum atomic E-state index is 13.3. The van der Waals surface area contributed by atoms with Crippen LogP contribution in [0.3, 0.4) is 0 Å². The molecular weight excluding hydrogens is 527 g/mol. The van der Waals surface area contributed by atoms with Crippen molar-refractivity contribution in [3.8, 4) is 5.75 Å². The van der Waals surface area contributed by atoms with Gasteiger partial charge in [0, 0.05) is 11.4 Å². The average molecular weight is 551 g/mol. The van der Waals surface area contributed by atoms with Crippen molar-refractivity contribution in [2.45, 2.75) is 44.0 Å². The second kappa shape index (κ2) is 11.9. The average Bonchev–Trinajstić information content (AvgIpc) is 3.42. The Kier molecular flexibility index (Phi) is 8.65. The predicted octanol–water partition coefficient (Wildman–Crippen LogP) is 5.29. The zero-order chi connectivity index (χ0) is 25.7. The van der Waals surface area contributed by atoms with Gasteiger partial charge in [-0.1, -0.05) is 29.4 Å². The number of hydrogen-bond acceptors (Lipinski definition) is 8. The van der Waals surface area contributed by atoms with Crippen molar-refractivity contribution in [2.24, 2.45) is 0 Å². The van der Waals surface area contributed by atoms with Gasteiger partial charge in [0.05, 0.1) is 23.4 Å². The Morgan fingerprint density at radius 3 is 2.89 bits per heavy atom. The summed E-state index contributed by atoms with van der Waals surface area (Å²) in [5, 5.41) is 12.4. The van der Waals surface area contributed by atoms with Gasteiger partial charge in [-0.15, -0.1) is 28.1 Å². The summed E-state index contributed by atoms with van der Waals surface area (Å²) >= 11 is 8.67. The molecule has 0 saturated heterocycles. The number of allylic oxidation sites excluding steroid dienone is 1. The van der Waals surface area contributed by atoms with Crippen LogP contribution in [0, 0.1) is 5.82 Å². The third-order valence-electron chi connectivity index (χ3n) is 5.50. The van der Waals surface area contributed by atoms with E-state index < -0.39 is 11.8 Å². The van der Waals surface area contributed by atoms with Crippen LogP contribution in [0.5, 0.6) is 5.75 Å². The van der Waals surface area contributed by atoms with Crippen molar-refractivity contribution < 1.29 is 23.5 Å². The lowest BCUT2D eigenvalue weighted by Gasteiger charge is -2.12. The zero-order valence-electron chi connectivity index (χ0n) is 19.5. The van der Waals surface area contributed by atoms with E-state index in [0.717, 1.165) is 36.1 Å². The zero-order valence-corrected chi connectivity index (χ0v) is 21.9. The standard InChI is InChI=1S/C24H24ClFN4O4S2/c1-3-10-30-19(12-34-17-9-8-14(26)11-16(17)25)28-29-24(30)35-13-20(31)27-22-21(23(32)33-2)15-6-4-5-7-18(15)36-22/h3,8-9,11H,1,4-7,10,12-13H2,2H3,(H,27,31). The maximum Gasteiger partial charge on any atom is 0.341 e. The summed E-state index contributed by atoms with van der Waals surface area (Å²) in [5.74, 6) is -0.289. The molecule has 2 heterocycles. The van der Waals surface area contributed by atoms with E-state index in [1.807, 2.05) is 0 Å². The molecule has 0 unspecified atom stereocenters. The molecular formula is C24H24ClFN4O4S2. The van der Waals surface area contributed by atoms with E-state index in [4.69, 9.17) is 21.1 Å². The van der Waals surface area contributed by atoms with Crippen LogP contribution >= 0.6 is 34.7 Å². The van der Waals surface area contributed by atoms with Crippen LogP contribution in [-0.2, 0) is 35.5 Å². The Hall–Kier alpha value is -2.89. The van der Waals surface area contributed by atoms with Crippen molar-refractivity contribution in [1.29, 1.82) is 0 Å². The molecule has 190 valence electrons. The van der Waals surface area contributed by atoms with Gasteiger partial charge in [0.25, 0.3) is 0 Å². The molecule has 1 aliphatic carbocycles. The smallest absolute Gasteiger partial charge is 0.341 e. The molecule has 0 saturated carbocycles. The Balaban J connectivity index is 1.43. The second-order valence-electron chi connectivity index (χ2n) is 7.90. The van der Waals surface area contributed by atoms with Crippen molar-refractivity contribution in [3.63, 3.8) is 0 Å². The number of fused-ring (bicyclic) bond motifs is 1. The highest BCUT2D eigenvalue weighted by Gasteiger charge is 2.27. The van der Waals surface area contributed by atoms with E-state index in [1.54, 1.807) is 10.6 Å². The number of nitrogens with one attached hydrogen (secondary N) is 1. The van der Waals surface area contributed by atoms with Gasteiger partial charge >= 0.3 is 5.97 Å². The first-order chi connectivity index (χ1) is 17.4. The van der Waals surface area contributed by atoms with Gasteiger partial charge in [-0.2, -0.15) is 0 Å². The number of rotatable bonds is 10. The van der Waals surface area contributed by atoms with E-state index in [-0.39, 0.29) is 23.3 Å². The summed E-state index contributed by atoms with van der Waals surface area (Å²) in [7, 11) is 1.34. The molecule has 2 aromatic heterocycles. The normalized spacial score (nSPS) is 12.6. The number of thiophene rings is 1. The summed E-state index contributed by atoms with van der Waals surface area (Å²) in [6.45, 7) is 4.21. The van der Waals surface area contributed by atoms with Crippen LogP contribution in [0.1, 0.15) is 39.5 Å². The molecule has 0 radical (unpaired) electrons. The first-order valence-corrected chi connectivity index (χ1v) is 13.4. The van der Waals surface area contributed by atoms with Crippen LogP contribution in [0.15, 0.2) is 36.0 Å². The van der Waals surface area contributed by atoms with Crippen LogP contribution in [0.25, 0.3) is 0 Å². The first-order valence-electron chi connectivity index (χ1n) is 11.2. The number of amides is 1. The fourth-order valence-electron chi connectivity index (χ4n) is 3.84. The highest BCUT2D eigenvalue weighted by atomic mass is 35.5. The minimum Gasteiger partial charge on any atom is -0.484 e. The number of methoxy groups -OCH3 is 1. The molecule has 0 fully saturated rings. The maximum absolute atomic E-state index is 13.3. The molecule has 3 aromatic rings. The molecule has 4 rings (SSSR count). The van der Waals surface area contributed by atoms with Gasteiger partial charge in [-0.05, 0) is 49.4 Å². The van der Waals surface area contributed by atoms with Crippen molar-refractivity contribution in [1.82, 2.24) is 14.8 Å². The van der Waals surface area contributed by atoms with Crippen molar-refractivity contribution in [2.75, 3.05) is 18.2 Å². The fourth-order valence-corrected chi connectivity index (χ4v) is 6.13. The number of carbonyl (C=O) groups excluding carboxylic acids is 2. The van der Waals surface area contributed by atoms with Gasteiger partial charge < -0.3 is 14.8 Å². The van der Waals surface area contributed by atoms with Gasteiger partial charge in [-0.25, -0.2) is 9.18 Å². The van der Waals surface area contributed by atoms with Gasteiger partial charge in [0.1, 0.15) is 23.2 Å². The lowest BCUT2D eigenvalue weighted by atomic mass is 9.95. The number of aryl methyl sites for hydroxylation is 1. The lowest BCUT2D eigenvalue weighted by Crippen LogP contribution is -2.17. The van der Waals surface area contributed by atoms with Crippen LogP contribution in [0.4, 0.5) is 9.39 Å². The Morgan fingerprint density at radius 2 is 2.14 bits per heavy atom. The summed E-state index contributed by atoms with van der Waals surface area (Å²) in [4.78, 5) is 26.3. The van der Waals surface area contributed by atoms with Crippen LogP contribution in [-0.4, -0.2) is 39.5 Å². The molecule has 1 amide bonds. The van der Waals surface area contributed by atoms with Crippen molar-refractivity contribution >= 4 is 51.6 Å². The molecule has 0 spiro atoms. The molecule has 0 bridgehead atoms. The number of aromatic nitrogens is 3. The Bertz CT molecular complexity index is 1290. The molecule has 1 aromatic carbocycles. The Labute approximate surface area is 220 Å². The number of ether oxygens (including phenoxy) is 2. The van der Waals surface area contributed by atoms with E-state index in [9.17, 15) is 14.0 Å². The number of anilines is 1. The van der Waals surface area contributed by atoms with Crippen LogP contribution < -0.4 is 10.1 Å². The fraction of sp³-hybridized carbons (Fsp3) is 0.333. The molecule has 36 heavy (non-hydrogen) atoms. The number of esters is 1. The number of nitrogens with zero attached hydrogens (tertiary/aromatic N) is 3. The summed E-state index contributed by atoms with van der Waals surface area (Å²) in [6.07, 6.45) is 5.46. The SMILES string of the molecule is C=CCn1c(COc2ccc(F)cc2Cl)nnc1SCC(=O)Nc1sc2c(c1C(=O)OC)CCCC2. The number of carbonyl (C=O) groups is 2. The summed E-state index contributed by atoms with van der Waals surface area (Å²) in [5.41, 5.74) is 1.45. The number of hydrogen-bond donors (Lipinski definition) is 1. The van der Waals surface area contributed by atoms with E-state index in [0.29, 0.717) is 33.8 Å². The first kappa shape index (κ1) is 26.2. The number of benzene rings is 1. The highest BCUT2D eigenvalue weighted by molar-refractivity contribution is 7.99. The highest BCUT2D eigenvalue weighted by Crippen LogP contribution is 2.38. The van der Waals surface area contributed by atoms with E-state index >= 15 is 0 Å². The molecule has 12 heteroatoms. The van der Waals surface area contributed by atoms with Gasteiger partial charge in [0.15, 0.2) is 11.0 Å². The van der Waals surface area contributed by atoms with Gasteiger partial charge in [0.2, 0.25) is 5.91 Å². The van der Waals surface area contributed by atoms with Gasteiger partial charge in [-0.3, -0.25) is 9.36 Å². The molecule has 0 aliphatic heterocycles. The monoisotopic (exact) mass is 550 g/mol. The molecule has 1 aliphatic rings. The van der Waals surface area contributed by atoms with Crippen molar-refractivity contribution in [3.05, 3.63) is 63.5 Å². The quantitative estimate of drug-likeness (QED) is 0.208. The molecule has 8 nitrogen and oxygen atoms in total. The van der Waals surface area contributed by atoms with E-state index in [2.05, 4.69) is 22.1 Å². The topological polar surface area (TPSA) is 95.3 Å². The van der Waals surface area contributed by atoms with E-state index in [1.165, 1.54) is 48.4 Å². The summed E-state index contributed by atoms with van der Waals surface area (Å²) < 4.78 is 25.7. The second-order valence-corrected chi connectivity index (χ2v) is 10.4. The summed E-state index contributed by atoms with van der Waals surface area (Å²) in [6, 6.07) is 3.86. The largest absolute Gasteiger partial charge is 0.484 e. The minimum absolute atomic E-state index is 0.0438. The van der Waals surface area contributed by atoms with Crippen LogP contribution in [0.2, 0.25) is 5.02 Å². The lowest BCUT2D eigenvalue weighted by molar-refractivity contribution is -0.113.